The first-order valence-electron chi connectivity index (χ1n) is 6.03. The molecule has 96 valence electrons. The van der Waals surface area contributed by atoms with Crippen molar-refractivity contribution >= 4 is 5.69 Å². The van der Waals surface area contributed by atoms with Crippen LogP contribution in [0.15, 0.2) is 24.4 Å². The highest BCUT2D eigenvalue weighted by molar-refractivity contribution is 5.57. The van der Waals surface area contributed by atoms with Crippen LogP contribution in [0, 0.1) is 13.8 Å². The average Bonchev–Trinajstić information content (AvgIpc) is 2.72. The standard InChI is InChI=1S/C14H19N3O/c1-9-8-14(18)10(2)7-12(9)16-11(3)13-5-6-15-17(13)4/h5-8,11,16,18H,1-4H3. The normalized spacial score (nSPS) is 12.4. The minimum atomic E-state index is 0.167. The highest BCUT2D eigenvalue weighted by Gasteiger charge is 2.11. The van der Waals surface area contributed by atoms with E-state index < -0.39 is 0 Å². The van der Waals surface area contributed by atoms with Gasteiger partial charge in [0.25, 0.3) is 0 Å². The third-order valence-corrected chi connectivity index (χ3v) is 3.22. The minimum absolute atomic E-state index is 0.167. The molecule has 0 saturated heterocycles. The Morgan fingerprint density at radius 3 is 2.61 bits per heavy atom. The first-order chi connectivity index (χ1) is 8.49. The Balaban J connectivity index is 2.24. The maximum atomic E-state index is 9.64. The Labute approximate surface area is 107 Å². The molecule has 0 amide bonds. The van der Waals surface area contributed by atoms with Gasteiger partial charge >= 0.3 is 0 Å². The third-order valence-electron chi connectivity index (χ3n) is 3.22. The lowest BCUT2D eigenvalue weighted by Crippen LogP contribution is -2.12. The zero-order valence-electron chi connectivity index (χ0n) is 11.2. The summed E-state index contributed by atoms with van der Waals surface area (Å²) in [6, 6.07) is 5.92. The molecule has 2 rings (SSSR count). The lowest BCUT2D eigenvalue weighted by Gasteiger charge is -2.18. The van der Waals surface area contributed by atoms with Crippen molar-refractivity contribution in [2.45, 2.75) is 26.8 Å². The second kappa shape index (κ2) is 4.72. The summed E-state index contributed by atoms with van der Waals surface area (Å²) in [4.78, 5) is 0. The molecule has 0 aliphatic rings. The topological polar surface area (TPSA) is 50.1 Å². The van der Waals surface area contributed by atoms with E-state index in [2.05, 4.69) is 17.3 Å². The van der Waals surface area contributed by atoms with Crippen LogP contribution in [0.25, 0.3) is 0 Å². The number of hydrogen-bond donors (Lipinski definition) is 2. The Morgan fingerprint density at radius 2 is 2.00 bits per heavy atom. The highest BCUT2D eigenvalue weighted by Crippen LogP contribution is 2.27. The quantitative estimate of drug-likeness (QED) is 0.817. The van der Waals surface area contributed by atoms with E-state index in [4.69, 9.17) is 0 Å². The van der Waals surface area contributed by atoms with Crippen LogP contribution in [0.1, 0.15) is 29.8 Å². The molecule has 0 aliphatic carbocycles. The van der Waals surface area contributed by atoms with E-state index in [1.54, 1.807) is 12.3 Å². The van der Waals surface area contributed by atoms with Crippen LogP contribution in [-0.4, -0.2) is 14.9 Å². The van der Waals surface area contributed by atoms with Crippen molar-refractivity contribution in [3.8, 4) is 5.75 Å². The van der Waals surface area contributed by atoms with Gasteiger partial charge in [-0.2, -0.15) is 5.10 Å². The number of phenolic OH excluding ortho intramolecular Hbond substituents is 1. The monoisotopic (exact) mass is 245 g/mol. The fourth-order valence-corrected chi connectivity index (χ4v) is 2.07. The number of aromatic nitrogens is 2. The van der Waals surface area contributed by atoms with Gasteiger partial charge in [-0.25, -0.2) is 0 Å². The number of benzene rings is 1. The molecule has 1 aromatic heterocycles. The van der Waals surface area contributed by atoms with Crippen LogP contribution in [0.5, 0.6) is 5.75 Å². The van der Waals surface area contributed by atoms with Gasteiger partial charge in [-0.05, 0) is 50.1 Å². The molecular weight excluding hydrogens is 226 g/mol. The van der Waals surface area contributed by atoms with E-state index in [1.165, 1.54) is 0 Å². The van der Waals surface area contributed by atoms with Crippen molar-refractivity contribution in [3.63, 3.8) is 0 Å². The highest BCUT2D eigenvalue weighted by atomic mass is 16.3. The number of nitrogens with one attached hydrogen (secondary N) is 1. The molecule has 18 heavy (non-hydrogen) atoms. The largest absolute Gasteiger partial charge is 0.508 e. The summed E-state index contributed by atoms with van der Waals surface area (Å²) in [5, 5.41) is 17.3. The van der Waals surface area contributed by atoms with Crippen molar-refractivity contribution in [3.05, 3.63) is 41.2 Å². The van der Waals surface area contributed by atoms with Gasteiger partial charge in [0.2, 0.25) is 0 Å². The average molecular weight is 245 g/mol. The summed E-state index contributed by atoms with van der Waals surface area (Å²) in [6.07, 6.45) is 1.79. The van der Waals surface area contributed by atoms with Crippen molar-refractivity contribution in [2.24, 2.45) is 7.05 Å². The van der Waals surface area contributed by atoms with Crippen LogP contribution < -0.4 is 5.32 Å². The van der Waals surface area contributed by atoms with Gasteiger partial charge in [0, 0.05) is 18.9 Å². The Morgan fingerprint density at radius 1 is 1.28 bits per heavy atom. The first-order valence-corrected chi connectivity index (χ1v) is 6.03. The third kappa shape index (κ3) is 2.32. The van der Waals surface area contributed by atoms with E-state index in [9.17, 15) is 5.11 Å². The molecule has 1 atom stereocenters. The molecule has 0 fully saturated rings. The minimum Gasteiger partial charge on any atom is -0.508 e. The smallest absolute Gasteiger partial charge is 0.118 e. The molecule has 4 nitrogen and oxygen atoms in total. The number of aromatic hydroxyl groups is 1. The predicted octanol–water partition coefficient (Wildman–Crippen LogP) is 2.92. The van der Waals surface area contributed by atoms with Gasteiger partial charge in [-0.1, -0.05) is 0 Å². The second-order valence-corrected chi connectivity index (χ2v) is 4.70. The van der Waals surface area contributed by atoms with E-state index in [1.807, 2.05) is 37.7 Å². The molecule has 1 unspecified atom stereocenters. The molecule has 0 radical (unpaired) electrons. The molecule has 2 N–H and O–H groups in total. The maximum Gasteiger partial charge on any atom is 0.118 e. The zero-order chi connectivity index (χ0) is 13.3. The number of aryl methyl sites for hydroxylation is 3. The molecule has 2 aromatic rings. The van der Waals surface area contributed by atoms with Crippen LogP contribution in [-0.2, 0) is 7.05 Å². The number of nitrogens with zero attached hydrogens (tertiary/aromatic N) is 2. The van der Waals surface area contributed by atoms with Gasteiger partial charge in [0.15, 0.2) is 0 Å². The van der Waals surface area contributed by atoms with Gasteiger partial charge in [0.05, 0.1) is 11.7 Å². The number of rotatable bonds is 3. The molecule has 1 heterocycles. The van der Waals surface area contributed by atoms with Gasteiger partial charge in [0.1, 0.15) is 5.75 Å². The molecule has 0 spiro atoms. The number of phenols is 1. The van der Waals surface area contributed by atoms with E-state index in [0.29, 0.717) is 5.75 Å². The zero-order valence-corrected chi connectivity index (χ0v) is 11.2. The van der Waals surface area contributed by atoms with Crippen molar-refractivity contribution in [2.75, 3.05) is 5.32 Å². The lowest BCUT2D eigenvalue weighted by atomic mass is 10.1. The SMILES string of the molecule is Cc1cc(NC(C)c2ccnn2C)c(C)cc1O. The van der Waals surface area contributed by atoms with E-state index in [0.717, 1.165) is 22.5 Å². The second-order valence-electron chi connectivity index (χ2n) is 4.70. The lowest BCUT2D eigenvalue weighted by molar-refractivity contribution is 0.470. The molecule has 0 aliphatic heterocycles. The summed E-state index contributed by atoms with van der Waals surface area (Å²) in [5.41, 5.74) is 4.08. The van der Waals surface area contributed by atoms with Gasteiger partial charge in [-0.15, -0.1) is 0 Å². The molecule has 0 saturated carbocycles. The number of anilines is 1. The fraction of sp³-hybridized carbons (Fsp3) is 0.357. The van der Waals surface area contributed by atoms with Crippen LogP contribution in [0.4, 0.5) is 5.69 Å². The van der Waals surface area contributed by atoms with Crippen molar-refractivity contribution in [1.82, 2.24) is 9.78 Å². The number of hydrogen-bond acceptors (Lipinski definition) is 3. The van der Waals surface area contributed by atoms with Crippen LogP contribution in [0.2, 0.25) is 0 Å². The summed E-state index contributed by atoms with van der Waals surface area (Å²) >= 11 is 0. The summed E-state index contributed by atoms with van der Waals surface area (Å²) < 4.78 is 1.86. The summed E-state index contributed by atoms with van der Waals surface area (Å²) in [6.45, 7) is 5.98. The van der Waals surface area contributed by atoms with E-state index >= 15 is 0 Å². The Kier molecular flexibility index (Phi) is 3.28. The van der Waals surface area contributed by atoms with E-state index in [-0.39, 0.29) is 6.04 Å². The summed E-state index contributed by atoms with van der Waals surface area (Å²) in [5.74, 6) is 0.339. The molecule has 4 heteroatoms. The molecule has 1 aromatic carbocycles. The van der Waals surface area contributed by atoms with Crippen molar-refractivity contribution in [1.29, 1.82) is 0 Å². The fourth-order valence-electron chi connectivity index (χ4n) is 2.07. The summed E-state index contributed by atoms with van der Waals surface area (Å²) in [7, 11) is 1.93. The molecular formula is C14H19N3O. The van der Waals surface area contributed by atoms with Gasteiger partial charge in [-0.3, -0.25) is 4.68 Å². The Hall–Kier alpha value is -1.97. The van der Waals surface area contributed by atoms with Crippen LogP contribution >= 0.6 is 0 Å². The van der Waals surface area contributed by atoms with Gasteiger partial charge < -0.3 is 10.4 Å². The first kappa shape index (κ1) is 12.5. The van der Waals surface area contributed by atoms with Crippen molar-refractivity contribution < 1.29 is 5.11 Å². The molecule has 0 bridgehead atoms. The predicted molar refractivity (Wildman–Crippen MR) is 72.8 cm³/mol. The van der Waals surface area contributed by atoms with Crippen LogP contribution in [0.3, 0.4) is 0 Å². The maximum absolute atomic E-state index is 9.64. The Bertz CT molecular complexity index is 560.